The summed E-state index contributed by atoms with van der Waals surface area (Å²) < 4.78 is 10.8. The summed E-state index contributed by atoms with van der Waals surface area (Å²) in [6, 6.07) is 9.66. The summed E-state index contributed by atoms with van der Waals surface area (Å²) in [6.45, 7) is 0. The monoisotopic (exact) mass is 668 g/mol. The van der Waals surface area contributed by atoms with Gasteiger partial charge in [0, 0.05) is 36.1 Å². The van der Waals surface area contributed by atoms with E-state index in [9.17, 15) is 24.3 Å². The van der Waals surface area contributed by atoms with Gasteiger partial charge >= 0.3 is 5.97 Å². The lowest BCUT2D eigenvalue weighted by atomic mass is 9.74. The lowest BCUT2D eigenvalue weighted by Crippen LogP contribution is -2.64. The molecule has 2 saturated heterocycles. The molecule has 46 heavy (non-hydrogen) atoms. The first-order chi connectivity index (χ1) is 22.1. The van der Waals surface area contributed by atoms with Gasteiger partial charge in [0.05, 0.1) is 36.2 Å². The van der Waals surface area contributed by atoms with Gasteiger partial charge in [0.1, 0.15) is 23.6 Å². The van der Waals surface area contributed by atoms with Gasteiger partial charge < -0.3 is 30.1 Å². The van der Waals surface area contributed by atoms with Crippen molar-refractivity contribution in [2.75, 3.05) is 19.5 Å². The van der Waals surface area contributed by atoms with E-state index in [1.165, 1.54) is 19.5 Å². The van der Waals surface area contributed by atoms with Gasteiger partial charge in [-0.2, -0.15) is 0 Å². The van der Waals surface area contributed by atoms with Crippen molar-refractivity contribution in [1.29, 1.82) is 0 Å². The molecule has 3 aromatic rings. The number of carboxylic acid groups (broad SMARTS) is 1. The molecule has 3 aliphatic rings. The highest BCUT2D eigenvalue weighted by molar-refractivity contribution is 6.40. The number of benzene rings is 2. The lowest BCUT2D eigenvalue weighted by molar-refractivity contribution is -0.154. The fourth-order valence-corrected chi connectivity index (χ4v) is 6.90. The number of amides is 3. The maximum absolute atomic E-state index is 13.8. The number of piperidine rings is 2. The highest BCUT2D eigenvalue weighted by Gasteiger charge is 2.48. The molecule has 1 saturated carbocycles. The molecule has 3 fully saturated rings. The fraction of sp³-hybridized carbons (Fsp3) is 0.364. The molecule has 0 spiro atoms. The Morgan fingerprint density at radius 3 is 2.26 bits per heavy atom. The van der Waals surface area contributed by atoms with Crippen molar-refractivity contribution in [3.8, 4) is 11.5 Å². The number of aliphatic carboxylic acids is 1. The zero-order valence-corrected chi connectivity index (χ0v) is 26.8. The van der Waals surface area contributed by atoms with Crippen LogP contribution in [-0.2, 0) is 27.2 Å². The molecule has 242 valence electrons. The van der Waals surface area contributed by atoms with Crippen LogP contribution in [0.5, 0.6) is 11.5 Å². The molecule has 13 heteroatoms. The van der Waals surface area contributed by atoms with E-state index in [1.807, 2.05) is 0 Å². The first kappa shape index (κ1) is 33.0. The number of halogens is 2. The molecular formula is C33H34Cl2N4O7. The van der Waals surface area contributed by atoms with Crippen molar-refractivity contribution in [3.63, 3.8) is 0 Å². The van der Waals surface area contributed by atoms with E-state index in [-0.39, 0.29) is 46.3 Å². The quantitative estimate of drug-likeness (QED) is 0.264. The van der Waals surface area contributed by atoms with E-state index in [1.54, 1.807) is 54.5 Å². The van der Waals surface area contributed by atoms with Crippen LogP contribution in [-0.4, -0.2) is 71.0 Å². The summed E-state index contributed by atoms with van der Waals surface area (Å²) in [5, 5.41) is 15.7. The fourth-order valence-electron chi connectivity index (χ4n) is 6.36. The number of nitrogens with zero attached hydrogens (tertiary/aromatic N) is 2. The van der Waals surface area contributed by atoms with Crippen LogP contribution in [0.25, 0.3) is 0 Å². The number of fused-ring (bicyclic) bond motifs is 3. The molecule has 2 aromatic carbocycles. The van der Waals surface area contributed by atoms with E-state index in [2.05, 4.69) is 15.6 Å². The van der Waals surface area contributed by atoms with Crippen molar-refractivity contribution < 1.29 is 33.8 Å². The highest BCUT2D eigenvalue weighted by atomic mass is 35.5. The Kier molecular flexibility index (Phi) is 10.3. The van der Waals surface area contributed by atoms with Crippen molar-refractivity contribution in [2.45, 2.75) is 56.7 Å². The summed E-state index contributed by atoms with van der Waals surface area (Å²) in [5.74, 6) is -1.37. The summed E-state index contributed by atoms with van der Waals surface area (Å²) in [7, 11) is 3.07. The molecule has 2 unspecified atom stereocenters. The van der Waals surface area contributed by atoms with Crippen LogP contribution >= 0.6 is 23.2 Å². The normalized spacial score (nSPS) is 19.2. The zero-order chi connectivity index (χ0) is 33.0. The number of carboxylic acids is 1. The average molecular weight is 670 g/mol. The molecule has 0 radical (unpaired) electrons. The first-order valence-corrected chi connectivity index (χ1v) is 15.6. The first-order valence-electron chi connectivity index (χ1n) is 14.8. The van der Waals surface area contributed by atoms with Gasteiger partial charge in [-0.05, 0) is 67.5 Å². The Balaban J connectivity index is 1.28. The smallest absolute Gasteiger partial charge is 0.326 e. The number of pyridine rings is 1. The number of methoxy groups -OCH3 is 2. The second-order valence-corrected chi connectivity index (χ2v) is 12.2. The van der Waals surface area contributed by atoms with Crippen LogP contribution in [0.3, 0.4) is 0 Å². The van der Waals surface area contributed by atoms with E-state index in [0.717, 1.165) is 25.7 Å². The van der Waals surface area contributed by atoms with Crippen LogP contribution < -0.4 is 20.1 Å². The maximum atomic E-state index is 13.8. The second-order valence-electron chi connectivity index (χ2n) is 11.4. The second kappa shape index (κ2) is 14.4. The van der Waals surface area contributed by atoms with Crippen LogP contribution in [0.2, 0.25) is 10.0 Å². The van der Waals surface area contributed by atoms with Crippen LogP contribution in [0, 0.1) is 5.92 Å². The largest absolute Gasteiger partial charge is 0.497 e. The van der Waals surface area contributed by atoms with Crippen LogP contribution in [0.1, 0.15) is 47.2 Å². The number of anilines is 1. The zero-order valence-electron chi connectivity index (χ0n) is 25.3. The van der Waals surface area contributed by atoms with Crippen LogP contribution in [0.15, 0.2) is 54.9 Å². The number of aromatic nitrogens is 1. The minimum absolute atomic E-state index is 0.00686. The Hall–Kier alpha value is -4.35. The van der Waals surface area contributed by atoms with Gasteiger partial charge in [0.15, 0.2) is 0 Å². The molecule has 2 aliphatic heterocycles. The number of hydrogen-bond acceptors (Lipinski definition) is 7. The summed E-state index contributed by atoms with van der Waals surface area (Å²) in [5.41, 5.74) is 1.78. The number of carbonyl (C=O) groups is 4. The maximum Gasteiger partial charge on any atom is 0.326 e. The van der Waals surface area contributed by atoms with E-state index in [0.29, 0.717) is 28.3 Å². The van der Waals surface area contributed by atoms with Gasteiger partial charge in [0.2, 0.25) is 11.8 Å². The number of hydrogen-bond donors (Lipinski definition) is 3. The van der Waals surface area contributed by atoms with E-state index < -0.39 is 29.9 Å². The lowest BCUT2D eigenvalue weighted by Gasteiger charge is -2.50. The minimum atomic E-state index is -1.24. The predicted molar refractivity (Wildman–Crippen MR) is 172 cm³/mol. The molecule has 11 nitrogen and oxygen atoms in total. The highest BCUT2D eigenvalue weighted by Crippen LogP contribution is 2.40. The molecule has 2 atom stereocenters. The minimum Gasteiger partial charge on any atom is -0.497 e. The SMILES string of the molecule is COc1ccc(OC)c(CC(=O)N2C3CCC(CC3)C2C(=O)NC(Cc2ccc(NC(=O)c3c(Cl)cncc3Cl)cc2)C(=O)O)c1. The molecule has 6 rings (SSSR count). The molecule has 1 aromatic heterocycles. The molecule has 3 heterocycles. The van der Waals surface area contributed by atoms with Gasteiger partial charge in [-0.3, -0.25) is 19.4 Å². The molecule has 3 N–H and O–H groups in total. The van der Waals surface area contributed by atoms with Gasteiger partial charge in [-0.25, -0.2) is 4.79 Å². The summed E-state index contributed by atoms with van der Waals surface area (Å²) in [6.07, 6.45) is 5.80. The topological polar surface area (TPSA) is 147 Å². The van der Waals surface area contributed by atoms with Crippen molar-refractivity contribution in [1.82, 2.24) is 15.2 Å². The van der Waals surface area contributed by atoms with Crippen LogP contribution in [0.4, 0.5) is 5.69 Å². The van der Waals surface area contributed by atoms with Crippen molar-refractivity contribution in [2.24, 2.45) is 5.92 Å². The van der Waals surface area contributed by atoms with Crippen molar-refractivity contribution in [3.05, 3.63) is 81.6 Å². The Morgan fingerprint density at radius 2 is 1.65 bits per heavy atom. The Morgan fingerprint density at radius 1 is 0.978 bits per heavy atom. The molecule has 3 amide bonds. The number of rotatable bonds is 11. The third kappa shape index (κ3) is 7.21. The standard InChI is InChI=1S/C33H34Cl2N4O7/c1-45-23-11-12-27(46-2)20(14-23)15-28(40)39-22-9-5-19(6-10-22)30(39)32(42)38-26(33(43)44)13-18-3-7-21(8-4-18)37-31(41)29-24(34)16-36-17-25(29)35/h3-4,7-8,11-12,14,16-17,19,22,26,30H,5-6,9-10,13,15H2,1-2H3,(H,37,41)(H,38,42)(H,43,44). The number of nitrogens with one attached hydrogen (secondary N) is 2. The summed E-state index contributed by atoms with van der Waals surface area (Å²) in [4.78, 5) is 58.0. The van der Waals surface area contributed by atoms with Gasteiger partial charge in [-0.15, -0.1) is 0 Å². The summed E-state index contributed by atoms with van der Waals surface area (Å²) >= 11 is 12.2. The number of ether oxygens (including phenoxy) is 2. The third-order valence-electron chi connectivity index (χ3n) is 8.61. The van der Waals surface area contributed by atoms with E-state index >= 15 is 0 Å². The molecule has 1 aliphatic carbocycles. The van der Waals surface area contributed by atoms with Gasteiger partial charge in [-0.1, -0.05) is 35.3 Å². The van der Waals surface area contributed by atoms with Gasteiger partial charge in [0.25, 0.3) is 5.91 Å². The van der Waals surface area contributed by atoms with E-state index in [4.69, 9.17) is 32.7 Å². The molecule has 2 bridgehead atoms. The third-order valence-corrected chi connectivity index (χ3v) is 9.19. The number of carbonyl (C=O) groups excluding carboxylic acids is 3. The Labute approximate surface area is 276 Å². The molecular weight excluding hydrogens is 635 g/mol. The predicted octanol–water partition coefficient (Wildman–Crippen LogP) is 4.78. The average Bonchev–Trinajstić information content (AvgIpc) is 3.05. The Bertz CT molecular complexity index is 1610. The van der Waals surface area contributed by atoms with Crippen molar-refractivity contribution >= 4 is 52.6 Å².